The second kappa shape index (κ2) is 12.4. The van der Waals surface area contributed by atoms with Gasteiger partial charge in [-0.15, -0.1) is 0 Å². The normalized spacial score (nSPS) is 11.7. The van der Waals surface area contributed by atoms with Crippen molar-refractivity contribution >= 4 is 64.8 Å². The molecule has 0 aliphatic rings. The molecule has 0 saturated heterocycles. The van der Waals surface area contributed by atoms with Gasteiger partial charge in [-0.3, -0.25) is 4.79 Å². The van der Waals surface area contributed by atoms with Crippen molar-refractivity contribution in [3.8, 4) is 44.5 Å². The van der Waals surface area contributed by atoms with Gasteiger partial charge in [-0.1, -0.05) is 170 Å². The molecule has 0 aliphatic heterocycles. The van der Waals surface area contributed by atoms with Crippen LogP contribution < -0.4 is 5.56 Å². The molecule has 11 aromatic rings. The fourth-order valence-corrected chi connectivity index (χ4v) is 9.05. The maximum atomic E-state index is 13.7. The van der Waals surface area contributed by atoms with Gasteiger partial charge in [0, 0.05) is 16.3 Å². The smallest absolute Gasteiger partial charge is 0.256 e. The fourth-order valence-electron chi connectivity index (χ4n) is 9.05. The van der Waals surface area contributed by atoms with Crippen molar-refractivity contribution in [1.29, 1.82) is 0 Å². The molecule has 2 heteroatoms. The zero-order valence-electron chi connectivity index (χ0n) is 29.9. The van der Waals surface area contributed by atoms with E-state index in [9.17, 15) is 4.79 Å². The zero-order valence-corrected chi connectivity index (χ0v) is 29.9. The Morgan fingerprint density at radius 1 is 0.255 bits per heavy atom. The van der Waals surface area contributed by atoms with Gasteiger partial charge in [0.2, 0.25) is 0 Å². The van der Waals surface area contributed by atoms with Gasteiger partial charge in [0.25, 0.3) is 5.56 Å². The molecule has 0 atom stereocenters. The number of aromatic nitrogens is 1. The summed E-state index contributed by atoms with van der Waals surface area (Å²) in [5.41, 5.74) is 10.2. The first-order valence-corrected chi connectivity index (χ1v) is 18.8. The molecular weight excluding hydrogens is 667 g/mol. The second-order valence-corrected chi connectivity index (χ2v) is 14.4. The SMILES string of the molecule is O=c1[nH]c2ccc(-c3c4ccccc4c(-c4ccccc4)c4ccccc34)cc2c2cc(-c3c4ccccc4c(-c4ccccc4)c4ccccc34)ccc12. The van der Waals surface area contributed by atoms with E-state index in [1.54, 1.807) is 0 Å². The molecule has 11 rings (SSSR count). The number of H-pyrrole nitrogens is 1. The van der Waals surface area contributed by atoms with Crippen molar-refractivity contribution in [2.45, 2.75) is 0 Å². The summed E-state index contributed by atoms with van der Waals surface area (Å²) in [7, 11) is 0. The molecule has 0 bridgehead atoms. The molecule has 1 heterocycles. The maximum absolute atomic E-state index is 13.7. The van der Waals surface area contributed by atoms with Crippen LogP contribution in [0.25, 0.3) is 109 Å². The first kappa shape index (κ1) is 31.3. The van der Waals surface area contributed by atoms with Gasteiger partial charge in [-0.05, 0) is 117 Å². The predicted molar refractivity (Wildman–Crippen MR) is 234 cm³/mol. The summed E-state index contributed by atoms with van der Waals surface area (Å²) < 4.78 is 0. The van der Waals surface area contributed by atoms with Crippen molar-refractivity contribution in [2.24, 2.45) is 0 Å². The van der Waals surface area contributed by atoms with Gasteiger partial charge in [-0.2, -0.15) is 0 Å². The Morgan fingerprint density at radius 2 is 0.582 bits per heavy atom. The number of pyridine rings is 1. The summed E-state index contributed by atoms with van der Waals surface area (Å²) in [6.45, 7) is 0. The summed E-state index contributed by atoms with van der Waals surface area (Å²) >= 11 is 0. The molecule has 0 amide bonds. The van der Waals surface area contributed by atoms with E-state index < -0.39 is 0 Å². The highest BCUT2D eigenvalue weighted by Crippen LogP contribution is 2.46. The summed E-state index contributed by atoms with van der Waals surface area (Å²) in [4.78, 5) is 16.9. The van der Waals surface area contributed by atoms with Gasteiger partial charge >= 0.3 is 0 Å². The fraction of sp³-hybridized carbons (Fsp3) is 0. The van der Waals surface area contributed by atoms with E-state index in [-0.39, 0.29) is 5.56 Å². The molecule has 55 heavy (non-hydrogen) atoms. The Morgan fingerprint density at radius 3 is 0.982 bits per heavy atom. The molecule has 1 N–H and O–H groups in total. The highest BCUT2D eigenvalue weighted by atomic mass is 16.1. The Kier molecular flexibility index (Phi) is 7.05. The molecule has 0 aliphatic carbocycles. The summed E-state index contributed by atoms with van der Waals surface area (Å²) in [6.07, 6.45) is 0. The number of hydrogen-bond acceptors (Lipinski definition) is 1. The minimum absolute atomic E-state index is 0.0842. The minimum Gasteiger partial charge on any atom is -0.321 e. The predicted octanol–water partition coefficient (Wildman–Crippen LogP) is 14.0. The van der Waals surface area contributed by atoms with Crippen molar-refractivity contribution in [1.82, 2.24) is 4.98 Å². The number of rotatable bonds is 4. The van der Waals surface area contributed by atoms with E-state index in [2.05, 4.69) is 193 Å². The third-order valence-electron chi connectivity index (χ3n) is 11.4. The van der Waals surface area contributed by atoms with Crippen molar-refractivity contribution < 1.29 is 0 Å². The molecule has 1 aromatic heterocycles. The Balaban J connectivity index is 1.20. The number of hydrogen-bond donors (Lipinski definition) is 1. The number of fused-ring (bicyclic) bond motifs is 7. The van der Waals surface area contributed by atoms with Gasteiger partial charge in [0.05, 0.1) is 0 Å². The molecule has 0 unspecified atom stereocenters. The van der Waals surface area contributed by atoms with Crippen molar-refractivity contribution in [3.63, 3.8) is 0 Å². The van der Waals surface area contributed by atoms with Crippen LogP contribution >= 0.6 is 0 Å². The van der Waals surface area contributed by atoms with Crippen LogP contribution in [0.3, 0.4) is 0 Å². The lowest BCUT2D eigenvalue weighted by Gasteiger charge is -2.19. The van der Waals surface area contributed by atoms with E-state index >= 15 is 0 Å². The minimum atomic E-state index is -0.0842. The lowest BCUT2D eigenvalue weighted by atomic mass is 9.85. The quantitative estimate of drug-likeness (QED) is 0.144. The number of aromatic amines is 1. The van der Waals surface area contributed by atoms with Crippen LogP contribution in [0, 0.1) is 0 Å². The van der Waals surface area contributed by atoms with Gasteiger partial charge in [0.1, 0.15) is 0 Å². The summed E-state index contributed by atoms with van der Waals surface area (Å²) in [5, 5.41) is 12.2. The van der Waals surface area contributed by atoms with Crippen LogP contribution in [0.4, 0.5) is 0 Å². The third-order valence-corrected chi connectivity index (χ3v) is 11.4. The first-order valence-electron chi connectivity index (χ1n) is 18.8. The molecular formula is C53H33NO. The molecule has 256 valence electrons. The molecule has 2 nitrogen and oxygen atoms in total. The molecule has 0 spiro atoms. The van der Waals surface area contributed by atoms with Gasteiger partial charge in [-0.25, -0.2) is 0 Å². The van der Waals surface area contributed by atoms with Crippen molar-refractivity contribution in [3.05, 3.63) is 204 Å². The van der Waals surface area contributed by atoms with Crippen LogP contribution in [-0.2, 0) is 0 Å². The Hall–Kier alpha value is -7.29. The van der Waals surface area contributed by atoms with E-state index in [1.807, 2.05) is 6.07 Å². The summed E-state index contributed by atoms with van der Waals surface area (Å²) in [5.74, 6) is 0. The third kappa shape index (κ3) is 4.85. The highest BCUT2D eigenvalue weighted by Gasteiger charge is 2.19. The van der Waals surface area contributed by atoms with E-state index in [0.29, 0.717) is 5.39 Å². The van der Waals surface area contributed by atoms with E-state index in [0.717, 1.165) is 27.4 Å². The Bertz CT molecular complexity index is 3270. The van der Waals surface area contributed by atoms with Crippen LogP contribution in [0.2, 0.25) is 0 Å². The zero-order chi connectivity index (χ0) is 36.5. The van der Waals surface area contributed by atoms with Crippen LogP contribution in [0.15, 0.2) is 199 Å². The standard InChI is InChI=1S/C53H33NO/c55-53-45-29-27-35(51-41-23-11-7-19-37(41)49(33-15-3-1-4-16-33)38-20-8-12-24-42(38)51)31-46(45)47-32-36(28-30-48(47)54-53)52-43-25-13-9-21-39(43)50(34-17-5-2-6-18-34)40-22-10-14-26-44(40)52/h1-32H,(H,54,55). The van der Waals surface area contributed by atoms with Crippen LogP contribution in [-0.4, -0.2) is 4.98 Å². The van der Waals surface area contributed by atoms with Gasteiger partial charge in [0.15, 0.2) is 0 Å². The average Bonchev–Trinajstić information content (AvgIpc) is 3.25. The van der Waals surface area contributed by atoms with E-state index in [4.69, 9.17) is 0 Å². The second-order valence-electron chi connectivity index (χ2n) is 14.4. The first-order chi connectivity index (χ1) is 27.2. The topological polar surface area (TPSA) is 32.9 Å². The monoisotopic (exact) mass is 699 g/mol. The van der Waals surface area contributed by atoms with E-state index in [1.165, 1.54) is 76.5 Å². The molecule has 0 saturated carbocycles. The molecule has 10 aromatic carbocycles. The Labute approximate surface area is 317 Å². The van der Waals surface area contributed by atoms with Gasteiger partial charge < -0.3 is 4.98 Å². The lowest BCUT2D eigenvalue weighted by molar-refractivity contribution is 1.34. The lowest BCUT2D eigenvalue weighted by Crippen LogP contribution is -2.06. The van der Waals surface area contributed by atoms with Crippen molar-refractivity contribution in [2.75, 3.05) is 0 Å². The molecule has 0 radical (unpaired) electrons. The summed E-state index contributed by atoms with van der Waals surface area (Å²) in [6, 6.07) is 69.2. The highest BCUT2D eigenvalue weighted by molar-refractivity contribution is 6.24. The number of nitrogens with one attached hydrogen (secondary N) is 1. The average molecular weight is 700 g/mol. The van der Waals surface area contributed by atoms with Crippen LogP contribution in [0.1, 0.15) is 0 Å². The van der Waals surface area contributed by atoms with Crippen LogP contribution in [0.5, 0.6) is 0 Å². The number of benzene rings is 10. The molecule has 0 fully saturated rings. The largest absolute Gasteiger partial charge is 0.321 e. The maximum Gasteiger partial charge on any atom is 0.256 e.